The number of nitrogens with one attached hydrogen (secondary N) is 2. The summed E-state index contributed by atoms with van der Waals surface area (Å²) in [6.07, 6.45) is 8.16. The van der Waals surface area contributed by atoms with Crippen LogP contribution in [0.4, 0.5) is 0 Å². The van der Waals surface area contributed by atoms with E-state index in [1.54, 1.807) is 0 Å². The van der Waals surface area contributed by atoms with Crippen LogP contribution in [0.1, 0.15) is 22.8 Å². The maximum absolute atomic E-state index is 4.77. The molecule has 4 aromatic rings. The summed E-state index contributed by atoms with van der Waals surface area (Å²) in [6.45, 7) is 0. The van der Waals surface area contributed by atoms with Crippen LogP contribution in [0.5, 0.6) is 0 Å². The summed E-state index contributed by atoms with van der Waals surface area (Å²) in [5.41, 5.74) is 10.1. The van der Waals surface area contributed by atoms with Gasteiger partial charge in [0.2, 0.25) is 0 Å². The number of aromatic nitrogens is 4. The molecule has 2 aliphatic rings. The van der Waals surface area contributed by atoms with E-state index in [1.807, 2.05) is 36.4 Å². The second-order valence-corrected chi connectivity index (χ2v) is 7.45. The van der Waals surface area contributed by atoms with Gasteiger partial charge in [-0.25, -0.2) is 9.97 Å². The van der Waals surface area contributed by atoms with Gasteiger partial charge in [-0.05, 0) is 72.3 Å². The molecule has 2 aliphatic heterocycles. The van der Waals surface area contributed by atoms with Gasteiger partial charge in [-0.1, -0.05) is 30.3 Å². The molecule has 0 spiro atoms. The van der Waals surface area contributed by atoms with Crippen LogP contribution < -0.4 is 0 Å². The molecule has 152 valence electrons. The van der Waals surface area contributed by atoms with E-state index in [-0.39, 0.29) is 21.1 Å². The van der Waals surface area contributed by atoms with Crippen molar-refractivity contribution in [3.05, 3.63) is 95.6 Å². The van der Waals surface area contributed by atoms with E-state index in [0.717, 1.165) is 50.4 Å². The first kappa shape index (κ1) is 19.5. The second kappa shape index (κ2) is 7.97. The summed E-state index contributed by atoms with van der Waals surface area (Å²) in [4.78, 5) is 16.5. The quantitative estimate of drug-likeness (QED) is 0.239. The Morgan fingerprint density at radius 1 is 0.516 bits per heavy atom. The molecule has 6 rings (SSSR count). The Morgan fingerprint density at radius 3 is 1.68 bits per heavy atom. The van der Waals surface area contributed by atoms with Gasteiger partial charge in [-0.15, -0.1) is 0 Å². The van der Waals surface area contributed by atoms with E-state index in [2.05, 4.69) is 70.6 Å². The zero-order chi connectivity index (χ0) is 19.9. The van der Waals surface area contributed by atoms with Gasteiger partial charge in [-0.2, -0.15) is 0 Å². The Labute approximate surface area is 193 Å². The molecular weight excluding hydrogens is 563 g/mol. The molecule has 1 aromatic carbocycles. The molecule has 0 saturated heterocycles. The summed E-state index contributed by atoms with van der Waals surface area (Å²) in [7, 11) is 0. The number of nitrogens with zero attached hydrogens (tertiary/aromatic N) is 2. The van der Waals surface area contributed by atoms with Crippen LogP contribution >= 0.6 is 0 Å². The Hall–Kier alpha value is -3.49. The maximum atomic E-state index is 4.77. The van der Waals surface area contributed by atoms with Gasteiger partial charge in [0.05, 0.1) is 22.8 Å². The van der Waals surface area contributed by atoms with Gasteiger partial charge in [0, 0.05) is 48.7 Å². The minimum atomic E-state index is 0. The molecule has 0 radical (unpaired) electrons. The monoisotopic (exact) mass is 581 g/mol. The van der Waals surface area contributed by atoms with Crippen molar-refractivity contribution >= 4 is 46.4 Å². The van der Waals surface area contributed by atoms with Crippen molar-refractivity contribution in [1.29, 1.82) is 0 Å². The van der Waals surface area contributed by atoms with Crippen molar-refractivity contribution in [2.45, 2.75) is 0 Å². The van der Waals surface area contributed by atoms with Crippen molar-refractivity contribution in [2.24, 2.45) is 0 Å². The SMILES string of the molecule is C1=Cc2cc3cc(-c4ccccc4)c(cc4nc(cc5ccc(cc1n2)[nH]5)C=C4)[nH]3.[Pt]. The molecule has 3 aromatic heterocycles. The Bertz CT molecular complexity index is 1490. The Kier molecular flexibility index (Phi) is 5.01. The average molecular weight is 582 g/mol. The fourth-order valence-electron chi connectivity index (χ4n) is 3.87. The normalized spacial score (nSPS) is 12.0. The predicted octanol–water partition coefficient (Wildman–Crippen LogP) is 6.32. The fraction of sp³-hybridized carbons (Fsp3) is 0. The predicted molar refractivity (Wildman–Crippen MR) is 124 cm³/mol. The molecule has 5 heterocycles. The third kappa shape index (κ3) is 3.95. The van der Waals surface area contributed by atoms with Crippen molar-refractivity contribution in [1.82, 2.24) is 19.9 Å². The standard InChI is InChI=1S/C26H18N4.Pt/c1-2-4-17(5-3-1)25-15-24-14-22-9-8-20(28-22)12-18-6-7-19(27-18)13-21-10-11-23(29-21)16-26(25)30-24;/h1-16,27,30H;. The van der Waals surface area contributed by atoms with Crippen molar-refractivity contribution < 1.29 is 21.1 Å². The molecule has 0 amide bonds. The zero-order valence-corrected chi connectivity index (χ0v) is 18.7. The minimum absolute atomic E-state index is 0. The summed E-state index contributed by atoms with van der Waals surface area (Å²) < 4.78 is 0. The van der Waals surface area contributed by atoms with Gasteiger partial charge < -0.3 is 9.97 Å². The van der Waals surface area contributed by atoms with Crippen LogP contribution in [-0.2, 0) is 21.1 Å². The van der Waals surface area contributed by atoms with Crippen LogP contribution in [0.25, 0.3) is 57.5 Å². The molecule has 5 heteroatoms. The van der Waals surface area contributed by atoms with Gasteiger partial charge >= 0.3 is 0 Å². The second-order valence-electron chi connectivity index (χ2n) is 7.45. The fourth-order valence-corrected chi connectivity index (χ4v) is 3.87. The summed E-state index contributed by atoms with van der Waals surface area (Å²) in [5.74, 6) is 0. The third-order valence-corrected chi connectivity index (χ3v) is 5.25. The van der Waals surface area contributed by atoms with Gasteiger partial charge in [0.1, 0.15) is 0 Å². The summed E-state index contributed by atoms with van der Waals surface area (Å²) in [5, 5.41) is 0. The molecular formula is C26H18N4Pt. The van der Waals surface area contributed by atoms with Gasteiger partial charge in [0.15, 0.2) is 0 Å². The number of hydrogen-bond donors (Lipinski definition) is 2. The molecule has 0 aliphatic carbocycles. The molecule has 4 nitrogen and oxygen atoms in total. The smallest absolute Gasteiger partial charge is 0.0658 e. The van der Waals surface area contributed by atoms with Crippen LogP contribution in [0.2, 0.25) is 0 Å². The number of benzene rings is 1. The largest absolute Gasteiger partial charge is 0.355 e. The molecule has 8 bridgehead atoms. The topological polar surface area (TPSA) is 57.4 Å². The van der Waals surface area contributed by atoms with E-state index >= 15 is 0 Å². The minimum Gasteiger partial charge on any atom is -0.355 e. The van der Waals surface area contributed by atoms with Crippen LogP contribution in [0.3, 0.4) is 0 Å². The van der Waals surface area contributed by atoms with E-state index < -0.39 is 0 Å². The Balaban J connectivity index is 0.00000204. The van der Waals surface area contributed by atoms with Crippen molar-refractivity contribution in [3.63, 3.8) is 0 Å². The first-order chi connectivity index (χ1) is 14.8. The van der Waals surface area contributed by atoms with E-state index in [9.17, 15) is 0 Å². The third-order valence-electron chi connectivity index (χ3n) is 5.25. The van der Waals surface area contributed by atoms with Crippen LogP contribution in [0, 0.1) is 0 Å². The first-order valence-electron chi connectivity index (χ1n) is 9.92. The van der Waals surface area contributed by atoms with E-state index in [4.69, 9.17) is 9.97 Å². The number of rotatable bonds is 1. The molecule has 0 atom stereocenters. The molecule has 31 heavy (non-hydrogen) atoms. The van der Waals surface area contributed by atoms with Crippen molar-refractivity contribution in [2.75, 3.05) is 0 Å². The zero-order valence-electron chi connectivity index (χ0n) is 16.4. The van der Waals surface area contributed by atoms with E-state index in [1.165, 1.54) is 5.56 Å². The number of fused-ring (bicyclic) bond motifs is 8. The average Bonchev–Trinajstić information content (AvgIpc) is 3.53. The number of aromatic amines is 2. The molecule has 0 fully saturated rings. The Morgan fingerprint density at radius 2 is 1.06 bits per heavy atom. The summed E-state index contributed by atoms with van der Waals surface area (Å²) in [6, 6.07) is 25.0. The van der Waals surface area contributed by atoms with E-state index in [0.29, 0.717) is 0 Å². The number of H-pyrrole nitrogens is 2. The number of hydrogen-bond acceptors (Lipinski definition) is 2. The van der Waals surface area contributed by atoms with Crippen LogP contribution in [0.15, 0.2) is 72.8 Å². The van der Waals surface area contributed by atoms with Gasteiger partial charge in [0.25, 0.3) is 0 Å². The van der Waals surface area contributed by atoms with Crippen LogP contribution in [-0.4, -0.2) is 19.9 Å². The maximum Gasteiger partial charge on any atom is 0.0658 e. The molecule has 2 N–H and O–H groups in total. The molecule has 0 saturated carbocycles. The first-order valence-corrected chi connectivity index (χ1v) is 9.92. The summed E-state index contributed by atoms with van der Waals surface area (Å²) >= 11 is 0. The van der Waals surface area contributed by atoms with Gasteiger partial charge in [-0.3, -0.25) is 0 Å². The van der Waals surface area contributed by atoms with Crippen molar-refractivity contribution in [3.8, 4) is 11.1 Å². The molecule has 0 unspecified atom stereocenters.